The van der Waals surface area contributed by atoms with Gasteiger partial charge in [-0.15, -0.1) is 0 Å². The lowest BCUT2D eigenvalue weighted by Crippen LogP contribution is -2.33. The van der Waals surface area contributed by atoms with Gasteiger partial charge in [-0.1, -0.05) is 26.0 Å². The summed E-state index contributed by atoms with van der Waals surface area (Å²) in [5.74, 6) is 0. The lowest BCUT2D eigenvalue weighted by atomic mass is 9.99. The van der Waals surface area contributed by atoms with E-state index in [0.29, 0.717) is 6.07 Å². The highest BCUT2D eigenvalue weighted by molar-refractivity contribution is 5.35. The molecular weight excluding hydrogens is 296 g/mol. The molecule has 0 amide bonds. The topological polar surface area (TPSA) is 3.24 Å². The smallest absolute Gasteiger partial charge is 0.295 e. The van der Waals surface area contributed by atoms with Gasteiger partial charge in [0, 0.05) is 0 Å². The lowest BCUT2D eigenvalue weighted by Gasteiger charge is -2.27. The number of benzene rings is 1. The monoisotopic (exact) mass is 315 g/mol. The minimum absolute atomic E-state index is 0.206. The summed E-state index contributed by atoms with van der Waals surface area (Å²) < 4.78 is 76.2. The van der Waals surface area contributed by atoms with Crippen LogP contribution >= 0.6 is 0 Å². The summed E-state index contributed by atoms with van der Waals surface area (Å²) in [6.07, 6.45) is -9.11. The maximum absolute atomic E-state index is 12.9. The van der Waals surface area contributed by atoms with Crippen LogP contribution < -0.4 is 0 Å². The third kappa shape index (κ3) is 5.22. The van der Waals surface area contributed by atoms with Crippen LogP contribution in [0, 0.1) is 6.92 Å². The first kappa shape index (κ1) is 19.8. The Morgan fingerprint density at radius 3 is 1.71 bits per heavy atom. The summed E-state index contributed by atoms with van der Waals surface area (Å²) in [7, 11) is 2.45. The van der Waals surface area contributed by atoms with E-state index in [9.17, 15) is 26.3 Å². The molecule has 0 bridgehead atoms. The molecule has 0 heterocycles. The van der Waals surface area contributed by atoms with Crippen molar-refractivity contribution >= 4 is 0 Å². The highest BCUT2D eigenvalue weighted by Crippen LogP contribution is 2.39. The standard InChI is InChI=1S/C12H13F6N.C2H6/c1-7-6-8(4-5-9(7)11(13,14)15)10(19(2)3)12(16,17)18;1-2/h4-6,10H,1-3H3;1-2H3. The van der Waals surface area contributed by atoms with Crippen LogP contribution in [0.5, 0.6) is 0 Å². The minimum Gasteiger partial charge on any atom is -0.295 e. The zero-order valence-electron chi connectivity index (χ0n) is 12.5. The maximum atomic E-state index is 12.9. The number of rotatable bonds is 2. The quantitative estimate of drug-likeness (QED) is 0.678. The van der Waals surface area contributed by atoms with E-state index in [-0.39, 0.29) is 11.1 Å². The van der Waals surface area contributed by atoms with Crippen molar-refractivity contribution in [2.45, 2.75) is 39.2 Å². The fourth-order valence-corrected chi connectivity index (χ4v) is 1.95. The van der Waals surface area contributed by atoms with E-state index in [4.69, 9.17) is 0 Å². The first-order valence-electron chi connectivity index (χ1n) is 6.35. The summed E-state index contributed by atoms with van der Waals surface area (Å²) in [5, 5.41) is 0. The van der Waals surface area contributed by atoms with E-state index in [1.54, 1.807) is 0 Å². The van der Waals surface area contributed by atoms with Gasteiger partial charge in [0.25, 0.3) is 0 Å². The molecule has 0 aliphatic rings. The van der Waals surface area contributed by atoms with E-state index in [2.05, 4.69) is 0 Å². The van der Waals surface area contributed by atoms with Crippen LogP contribution in [0.4, 0.5) is 26.3 Å². The minimum atomic E-state index is -4.56. The summed E-state index contributed by atoms with van der Waals surface area (Å²) in [6, 6.07) is 0.565. The molecule has 0 saturated heterocycles. The third-order valence-electron chi connectivity index (χ3n) is 2.70. The first-order chi connectivity index (χ1) is 9.44. The predicted molar refractivity (Wildman–Crippen MR) is 70.0 cm³/mol. The summed E-state index contributed by atoms with van der Waals surface area (Å²) in [5.41, 5.74) is -1.35. The van der Waals surface area contributed by atoms with Crippen molar-refractivity contribution in [2.24, 2.45) is 0 Å². The molecule has 1 nitrogen and oxygen atoms in total. The van der Waals surface area contributed by atoms with Gasteiger partial charge in [-0.3, -0.25) is 4.90 Å². The van der Waals surface area contributed by atoms with Crippen molar-refractivity contribution in [1.29, 1.82) is 0 Å². The molecule has 1 unspecified atom stereocenters. The van der Waals surface area contributed by atoms with Gasteiger partial charge in [0.05, 0.1) is 5.56 Å². The molecule has 1 rings (SSSR count). The van der Waals surface area contributed by atoms with Crippen LogP contribution in [0.15, 0.2) is 18.2 Å². The van der Waals surface area contributed by atoms with Crippen LogP contribution in [0.1, 0.15) is 36.6 Å². The molecule has 1 aromatic carbocycles. The van der Waals surface area contributed by atoms with Crippen LogP contribution in [-0.4, -0.2) is 25.2 Å². The molecule has 0 radical (unpaired) electrons. The fraction of sp³-hybridized carbons (Fsp3) is 0.571. The highest BCUT2D eigenvalue weighted by Gasteiger charge is 2.43. The Kier molecular flexibility index (Phi) is 6.73. The Bertz CT molecular complexity index is 448. The average Bonchev–Trinajstić information content (AvgIpc) is 2.27. The molecule has 0 N–H and O–H groups in total. The van der Waals surface area contributed by atoms with Crippen molar-refractivity contribution in [2.75, 3.05) is 14.1 Å². The Hall–Kier alpha value is -1.24. The molecule has 1 aromatic rings. The number of alkyl halides is 6. The van der Waals surface area contributed by atoms with Gasteiger partial charge in [-0.25, -0.2) is 0 Å². The SMILES string of the molecule is CC.Cc1cc(C(N(C)C)C(F)(F)F)ccc1C(F)(F)F. The predicted octanol–water partition coefficient (Wildman–Crippen LogP) is 5.21. The number of nitrogens with zero attached hydrogens (tertiary/aromatic N) is 1. The van der Waals surface area contributed by atoms with Gasteiger partial charge >= 0.3 is 12.4 Å². The summed E-state index contributed by atoms with van der Waals surface area (Å²) >= 11 is 0. The molecule has 1 atom stereocenters. The summed E-state index contributed by atoms with van der Waals surface area (Å²) in [4.78, 5) is 0.919. The van der Waals surface area contributed by atoms with Crippen molar-refractivity contribution in [1.82, 2.24) is 4.90 Å². The van der Waals surface area contributed by atoms with Crippen LogP contribution in [-0.2, 0) is 6.18 Å². The van der Waals surface area contributed by atoms with Gasteiger partial charge < -0.3 is 0 Å². The molecule has 21 heavy (non-hydrogen) atoms. The molecule has 0 saturated carbocycles. The second-order valence-electron chi connectivity index (χ2n) is 4.48. The Balaban J connectivity index is 0.00000191. The van der Waals surface area contributed by atoms with E-state index >= 15 is 0 Å². The molecule has 0 spiro atoms. The zero-order chi connectivity index (χ0) is 17.0. The Labute approximate surface area is 120 Å². The van der Waals surface area contributed by atoms with E-state index in [0.717, 1.165) is 24.0 Å². The van der Waals surface area contributed by atoms with Gasteiger partial charge in [-0.05, 0) is 38.2 Å². The van der Waals surface area contributed by atoms with Crippen molar-refractivity contribution in [3.8, 4) is 0 Å². The average molecular weight is 315 g/mol. The molecular formula is C14H19F6N. The van der Waals surface area contributed by atoms with Gasteiger partial charge in [0.2, 0.25) is 0 Å². The normalized spacial score (nSPS) is 13.7. The highest BCUT2D eigenvalue weighted by atomic mass is 19.4. The number of hydrogen-bond acceptors (Lipinski definition) is 1. The van der Waals surface area contributed by atoms with Gasteiger partial charge in [0.1, 0.15) is 6.04 Å². The largest absolute Gasteiger partial charge is 0.416 e. The fourth-order valence-electron chi connectivity index (χ4n) is 1.95. The molecule has 122 valence electrons. The third-order valence-corrected chi connectivity index (χ3v) is 2.70. The zero-order valence-corrected chi connectivity index (χ0v) is 12.5. The molecule has 0 aromatic heterocycles. The van der Waals surface area contributed by atoms with Gasteiger partial charge in [0.15, 0.2) is 0 Å². The maximum Gasteiger partial charge on any atom is 0.416 e. The number of halogens is 6. The van der Waals surface area contributed by atoms with Crippen molar-refractivity contribution < 1.29 is 26.3 Å². The number of hydrogen-bond donors (Lipinski definition) is 0. The molecule has 0 fully saturated rings. The second kappa shape index (κ2) is 7.15. The second-order valence-corrected chi connectivity index (χ2v) is 4.48. The van der Waals surface area contributed by atoms with Crippen LogP contribution in [0.25, 0.3) is 0 Å². The number of aryl methyl sites for hydroxylation is 1. The van der Waals surface area contributed by atoms with Crippen LogP contribution in [0.2, 0.25) is 0 Å². The van der Waals surface area contributed by atoms with E-state index in [1.807, 2.05) is 13.8 Å². The summed E-state index contributed by atoms with van der Waals surface area (Å²) in [6.45, 7) is 5.15. The molecule has 0 aliphatic heterocycles. The lowest BCUT2D eigenvalue weighted by molar-refractivity contribution is -0.179. The van der Waals surface area contributed by atoms with E-state index in [1.165, 1.54) is 14.1 Å². The van der Waals surface area contributed by atoms with Gasteiger partial charge in [-0.2, -0.15) is 26.3 Å². The Morgan fingerprint density at radius 1 is 0.952 bits per heavy atom. The van der Waals surface area contributed by atoms with Crippen molar-refractivity contribution in [3.05, 3.63) is 34.9 Å². The molecule has 0 aliphatic carbocycles. The van der Waals surface area contributed by atoms with Crippen LogP contribution in [0.3, 0.4) is 0 Å². The van der Waals surface area contributed by atoms with Crippen molar-refractivity contribution in [3.63, 3.8) is 0 Å². The molecule has 7 heteroatoms. The first-order valence-corrected chi connectivity index (χ1v) is 6.35. The van der Waals surface area contributed by atoms with E-state index < -0.39 is 24.0 Å². The Morgan fingerprint density at radius 2 is 1.43 bits per heavy atom.